The minimum absolute atomic E-state index is 0.0422. The van der Waals surface area contributed by atoms with E-state index in [4.69, 9.17) is 4.74 Å². The molecule has 3 atom stereocenters. The van der Waals surface area contributed by atoms with Gasteiger partial charge in [-0.05, 0) is 30.0 Å². The van der Waals surface area contributed by atoms with E-state index >= 15 is 0 Å². The number of aliphatic hydroxyl groups is 1. The Balaban J connectivity index is 1.40. The summed E-state index contributed by atoms with van der Waals surface area (Å²) in [7, 11) is 0. The largest absolute Gasteiger partial charge is 0.491 e. The van der Waals surface area contributed by atoms with Gasteiger partial charge in [0.25, 0.3) is 0 Å². The van der Waals surface area contributed by atoms with Gasteiger partial charge in [0.2, 0.25) is 5.91 Å². The number of nitrogens with one attached hydrogen (secondary N) is 1. The Kier molecular flexibility index (Phi) is 5.28. The molecule has 3 rings (SSSR count). The molecule has 2 aromatic carbocycles. The molecule has 0 aromatic heterocycles. The van der Waals surface area contributed by atoms with E-state index in [1.54, 1.807) is 0 Å². The van der Waals surface area contributed by atoms with Gasteiger partial charge in [-0.3, -0.25) is 4.79 Å². The summed E-state index contributed by atoms with van der Waals surface area (Å²) in [5.74, 6) is -1.78. The zero-order chi connectivity index (χ0) is 17.8. The van der Waals surface area contributed by atoms with Crippen molar-refractivity contribution in [2.75, 3.05) is 13.2 Å². The number of benzene rings is 2. The van der Waals surface area contributed by atoms with Crippen molar-refractivity contribution in [1.29, 1.82) is 0 Å². The van der Waals surface area contributed by atoms with Crippen LogP contribution in [0.3, 0.4) is 0 Å². The van der Waals surface area contributed by atoms with Crippen molar-refractivity contribution in [2.24, 2.45) is 5.92 Å². The van der Waals surface area contributed by atoms with Gasteiger partial charge >= 0.3 is 0 Å². The lowest BCUT2D eigenvalue weighted by Gasteiger charge is -2.13. The summed E-state index contributed by atoms with van der Waals surface area (Å²) >= 11 is 0. The standard InChI is InChI=1S/C19H19F2NO3/c20-17-7-6-14(8-18(17)21)25-11-13(23)10-22-19(24)16-9-15(16)12-4-2-1-3-5-12/h1-8,13,15-16,23H,9-11H2,(H,22,24). The Morgan fingerprint density at radius 1 is 1.20 bits per heavy atom. The van der Waals surface area contributed by atoms with Gasteiger partial charge in [0, 0.05) is 18.5 Å². The van der Waals surface area contributed by atoms with E-state index in [0.717, 1.165) is 24.1 Å². The summed E-state index contributed by atoms with van der Waals surface area (Å²) in [4.78, 5) is 12.1. The molecule has 4 nitrogen and oxygen atoms in total. The number of ether oxygens (including phenoxy) is 1. The third-order valence-electron chi connectivity index (χ3n) is 4.20. The number of rotatable bonds is 7. The van der Waals surface area contributed by atoms with E-state index in [1.165, 1.54) is 6.07 Å². The summed E-state index contributed by atoms with van der Waals surface area (Å²) in [5.41, 5.74) is 1.14. The smallest absolute Gasteiger partial charge is 0.223 e. The zero-order valence-corrected chi connectivity index (χ0v) is 13.5. The molecule has 1 aliphatic rings. The summed E-state index contributed by atoms with van der Waals surface area (Å²) in [5, 5.41) is 12.6. The molecule has 1 saturated carbocycles. The van der Waals surface area contributed by atoms with Gasteiger partial charge in [-0.1, -0.05) is 30.3 Å². The van der Waals surface area contributed by atoms with E-state index < -0.39 is 17.7 Å². The first-order valence-electron chi connectivity index (χ1n) is 8.13. The summed E-state index contributed by atoms with van der Waals surface area (Å²) in [6, 6.07) is 13.0. The van der Waals surface area contributed by atoms with E-state index in [9.17, 15) is 18.7 Å². The number of carbonyl (C=O) groups excluding carboxylic acids is 1. The SMILES string of the molecule is O=C(NCC(O)COc1ccc(F)c(F)c1)C1CC1c1ccccc1. The molecule has 0 saturated heterocycles. The number of hydrogen-bond acceptors (Lipinski definition) is 3. The van der Waals surface area contributed by atoms with Crippen LogP contribution in [0.15, 0.2) is 48.5 Å². The second kappa shape index (κ2) is 7.61. The van der Waals surface area contributed by atoms with E-state index in [0.29, 0.717) is 0 Å². The monoisotopic (exact) mass is 347 g/mol. The van der Waals surface area contributed by atoms with Crippen molar-refractivity contribution in [3.05, 3.63) is 65.7 Å². The van der Waals surface area contributed by atoms with Gasteiger partial charge < -0.3 is 15.2 Å². The molecule has 25 heavy (non-hydrogen) atoms. The summed E-state index contributed by atoms with van der Waals surface area (Å²) < 4.78 is 31.1. The molecule has 1 aliphatic carbocycles. The molecule has 6 heteroatoms. The Bertz CT molecular complexity index is 739. The van der Waals surface area contributed by atoms with Crippen LogP contribution in [0.4, 0.5) is 8.78 Å². The Morgan fingerprint density at radius 3 is 2.68 bits per heavy atom. The molecule has 1 fully saturated rings. The highest BCUT2D eigenvalue weighted by Gasteiger charge is 2.43. The fraction of sp³-hybridized carbons (Fsp3) is 0.316. The highest BCUT2D eigenvalue weighted by molar-refractivity contribution is 5.82. The van der Waals surface area contributed by atoms with Gasteiger partial charge in [0.05, 0.1) is 0 Å². The number of aliphatic hydroxyl groups excluding tert-OH is 1. The van der Waals surface area contributed by atoms with Crippen LogP contribution in [0.2, 0.25) is 0 Å². The maximum Gasteiger partial charge on any atom is 0.223 e. The van der Waals surface area contributed by atoms with Crippen LogP contribution in [-0.4, -0.2) is 30.3 Å². The third kappa shape index (κ3) is 4.54. The van der Waals surface area contributed by atoms with Crippen molar-refractivity contribution in [2.45, 2.75) is 18.4 Å². The van der Waals surface area contributed by atoms with E-state index in [1.807, 2.05) is 30.3 Å². The second-order valence-electron chi connectivity index (χ2n) is 6.15. The van der Waals surface area contributed by atoms with Crippen LogP contribution in [0.5, 0.6) is 5.75 Å². The van der Waals surface area contributed by atoms with Gasteiger partial charge in [0.15, 0.2) is 11.6 Å². The number of halogens is 2. The lowest BCUT2D eigenvalue weighted by Crippen LogP contribution is -2.36. The maximum atomic E-state index is 13.1. The highest BCUT2D eigenvalue weighted by atomic mass is 19.2. The van der Waals surface area contributed by atoms with Crippen LogP contribution in [0.1, 0.15) is 17.9 Å². The van der Waals surface area contributed by atoms with Crippen LogP contribution in [0.25, 0.3) is 0 Å². The van der Waals surface area contributed by atoms with Gasteiger partial charge in [-0.15, -0.1) is 0 Å². The third-order valence-corrected chi connectivity index (χ3v) is 4.20. The fourth-order valence-electron chi connectivity index (χ4n) is 2.72. The van der Waals surface area contributed by atoms with Crippen LogP contribution < -0.4 is 10.1 Å². The number of hydrogen-bond donors (Lipinski definition) is 2. The normalized spacial score (nSPS) is 20.0. The predicted molar refractivity (Wildman–Crippen MR) is 88.2 cm³/mol. The molecule has 2 N–H and O–H groups in total. The molecule has 0 bridgehead atoms. The van der Waals surface area contributed by atoms with Crippen LogP contribution >= 0.6 is 0 Å². The minimum Gasteiger partial charge on any atom is -0.491 e. The van der Waals surface area contributed by atoms with Crippen molar-refractivity contribution in [3.63, 3.8) is 0 Å². The molecule has 0 radical (unpaired) electrons. The number of carbonyl (C=O) groups is 1. The molecule has 3 unspecified atom stereocenters. The van der Waals surface area contributed by atoms with Crippen molar-refractivity contribution < 1.29 is 23.4 Å². The second-order valence-corrected chi connectivity index (χ2v) is 6.15. The molecular weight excluding hydrogens is 328 g/mol. The Morgan fingerprint density at radius 2 is 1.96 bits per heavy atom. The van der Waals surface area contributed by atoms with Crippen molar-refractivity contribution >= 4 is 5.91 Å². The highest BCUT2D eigenvalue weighted by Crippen LogP contribution is 2.47. The van der Waals surface area contributed by atoms with Gasteiger partial charge in [-0.2, -0.15) is 0 Å². The zero-order valence-electron chi connectivity index (χ0n) is 13.5. The predicted octanol–water partition coefficient (Wildman–Crippen LogP) is 2.62. The maximum absolute atomic E-state index is 13.1. The van der Waals surface area contributed by atoms with Gasteiger partial charge in [0.1, 0.15) is 18.5 Å². The minimum atomic E-state index is -1.01. The average molecular weight is 347 g/mol. The van der Waals surface area contributed by atoms with Gasteiger partial charge in [-0.25, -0.2) is 8.78 Å². The number of amides is 1. The fourth-order valence-corrected chi connectivity index (χ4v) is 2.72. The van der Waals surface area contributed by atoms with E-state index in [2.05, 4.69) is 5.32 Å². The summed E-state index contributed by atoms with van der Waals surface area (Å²) in [6.07, 6.45) is -0.136. The summed E-state index contributed by atoms with van der Waals surface area (Å²) in [6.45, 7) is -0.0847. The molecule has 0 aliphatic heterocycles. The molecule has 1 amide bonds. The van der Waals surface area contributed by atoms with Crippen molar-refractivity contribution in [3.8, 4) is 5.75 Å². The Hall–Kier alpha value is -2.47. The average Bonchev–Trinajstić information content (AvgIpc) is 3.42. The van der Waals surface area contributed by atoms with Crippen LogP contribution in [0, 0.1) is 17.6 Å². The lowest BCUT2D eigenvalue weighted by atomic mass is 10.1. The molecular formula is C19H19F2NO3. The molecule has 132 valence electrons. The quantitative estimate of drug-likeness (QED) is 0.810. The first-order valence-corrected chi connectivity index (χ1v) is 8.13. The topological polar surface area (TPSA) is 58.6 Å². The molecule has 2 aromatic rings. The lowest BCUT2D eigenvalue weighted by molar-refractivity contribution is -0.122. The first-order chi connectivity index (χ1) is 12.0. The van der Waals surface area contributed by atoms with E-state index in [-0.39, 0.29) is 36.6 Å². The first kappa shape index (κ1) is 17.4. The molecule has 0 heterocycles. The molecule has 0 spiro atoms. The van der Waals surface area contributed by atoms with Crippen LogP contribution in [-0.2, 0) is 4.79 Å². The van der Waals surface area contributed by atoms with Crippen molar-refractivity contribution in [1.82, 2.24) is 5.32 Å². The Labute approximate surface area is 144 Å².